The number of amides is 2. The molecule has 6 nitrogen and oxygen atoms in total. The predicted octanol–water partition coefficient (Wildman–Crippen LogP) is 4.75. The summed E-state index contributed by atoms with van der Waals surface area (Å²) in [5.41, 5.74) is 0.507. The van der Waals surface area contributed by atoms with Gasteiger partial charge in [0.25, 0.3) is 11.8 Å². The minimum absolute atomic E-state index is 0.106. The third kappa shape index (κ3) is 5.61. The second-order valence-electron chi connectivity index (χ2n) is 7.64. The molecule has 1 heterocycles. The minimum atomic E-state index is -0.654. The Kier molecular flexibility index (Phi) is 7.50. The molecule has 0 radical (unpaired) electrons. The molecule has 1 aromatic carbocycles. The van der Waals surface area contributed by atoms with Crippen molar-refractivity contribution in [3.63, 3.8) is 0 Å². The standard InChI is InChI=1S/C22H25ClN2O4S/c1-13-5-3-6-17(14(13)2)24-20(26)12-29-22(28)15-8-9-16(23)18(11-15)25-21(27)19-7-4-10-30-19/h4,7-11,13-14,17H,3,5-6,12H2,1-2H3,(H,24,26)(H,25,27). The molecule has 3 unspecified atom stereocenters. The van der Waals surface area contributed by atoms with E-state index in [2.05, 4.69) is 24.5 Å². The number of rotatable bonds is 6. The van der Waals surface area contributed by atoms with Gasteiger partial charge in [0.15, 0.2) is 6.61 Å². The van der Waals surface area contributed by atoms with Gasteiger partial charge < -0.3 is 15.4 Å². The smallest absolute Gasteiger partial charge is 0.338 e. The normalized spacial score (nSPS) is 21.0. The average molecular weight is 449 g/mol. The molecular weight excluding hydrogens is 424 g/mol. The second kappa shape index (κ2) is 10.1. The number of hydrogen-bond acceptors (Lipinski definition) is 5. The fourth-order valence-electron chi connectivity index (χ4n) is 3.59. The van der Waals surface area contributed by atoms with E-state index in [-0.39, 0.29) is 30.0 Å². The van der Waals surface area contributed by atoms with E-state index in [0.717, 1.165) is 12.8 Å². The van der Waals surface area contributed by atoms with Crippen LogP contribution in [0.3, 0.4) is 0 Å². The van der Waals surface area contributed by atoms with Crippen LogP contribution in [0, 0.1) is 11.8 Å². The van der Waals surface area contributed by atoms with Crippen molar-refractivity contribution in [3.05, 3.63) is 51.2 Å². The molecule has 30 heavy (non-hydrogen) atoms. The van der Waals surface area contributed by atoms with Crippen molar-refractivity contribution in [2.75, 3.05) is 11.9 Å². The highest BCUT2D eigenvalue weighted by atomic mass is 35.5. The summed E-state index contributed by atoms with van der Waals surface area (Å²) in [5.74, 6) is -0.326. The molecule has 0 saturated heterocycles. The first kappa shape index (κ1) is 22.3. The van der Waals surface area contributed by atoms with Crippen LogP contribution in [0.25, 0.3) is 0 Å². The molecule has 160 valence electrons. The molecule has 1 saturated carbocycles. The zero-order valence-corrected chi connectivity index (χ0v) is 18.5. The summed E-state index contributed by atoms with van der Waals surface area (Å²) in [6.07, 6.45) is 3.20. The Balaban J connectivity index is 1.56. The number of benzene rings is 1. The highest BCUT2D eigenvalue weighted by Gasteiger charge is 2.28. The zero-order chi connectivity index (χ0) is 21.7. The fraction of sp³-hybridized carbons (Fsp3) is 0.409. The van der Waals surface area contributed by atoms with Gasteiger partial charge in [-0.1, -0.05) is 44.4 Å². The van der Waals surface area contributed by atoms with E-state index in [1.165, 1.54) is 36.0 Å². The van der Waals surface area contributed by atoms with E-state index in [4.69, 9.17) is 16.3 Å². The average Bonchev–Trinajstić information content (AvgIpc) is 3.26. The van der Waals surface area contributed by atoms with E-state index < -0.39 is 5.97 Å². The number of carbonyl (C=O) groups is 3. The third-order valence-electron chi connectivity index (χ3n) is 5.58. The van der Waals surface area contributed by atoms with E-state index in [1.807, 2.05) is 0 Å². The lowest BCUT2D eigenvalue weighted by Crippen LogP contribution is -2.45. The van der Waals surface area contributed by atoms with Crippen molar-refractivity contribution >= 4 is 46.4 Å². The lowest BCUT2D eigenvalue weighted by molar-refractivity contribution is -0.125. The maximum Gasteiger partial charge on any atom is 0.338 e. The van der Waals surface area contributed by atoms with Gasteiger partial charge in [-0.3, -0.25) is 9.59 Å². The summed E-state index contributed by atoms with van der Waals surface area (Å²) in [6, 6.07) is 8.02. The highest BCUT2D eigenvalue weighted by molar-refractivity contribution is 7.12. The lowest BCUT2D eigenvalue weighted by atomic mass is 9.78. The fourth-order valence-corrected chi connectivity index (χ4v) is 4.37. The number of halogens is 1. The Morgan fingerprint density at radius 2 is 2.00 bits per heavy atom. The first-order valence-electron chi connectivity index (χ1n) is 9.96. The Morgan fingerprint density at radius 3 is 2.73 bits per heavy atom. The quantitative estimate of drug-likeness (QED) is 0.624. The van der Waals surface area contributed by atoms with Crippen molar-refractivity contribution in [3.8, 4) is 0 Å². The molecule has 3 atom stereocenters. The Morgan fingerprint density at radius 1 is 1.20 bits per heavy atom. The molecule has 0 aliphatic heterocycles. The third-order valence-corrected chi connectivity index (χ3v) is 6.78. The van der Waals surface area contributed by atoms with Gasteiger partial charge in [0.1, 0.15) is 0 Å². The summed E-state index contributed by atoms with van der Waals surface area (Å²) < 4.78 is 5.16. The number of esters is 1. The van der Waals surface area contributed by atoms with Crippen LogP contribution in [-0.2, 0) is 9.53 Å². The van der Waals surface area contributed by atoms with Gasteiger partial charge in [-0.05, 0) is 47.9 Å². The van der Waals surface area contributed by atoms with Gasteiger partial charge >= 0.3 is 5.97 Å². The van der Waals surface area contributed by atoms with Crippen molar-refractivity contribution in [1.82, 2.24) is 5.32 Å². The summed E-state index contributed by atoms with van der Waals surface area (Å²) in [4.78, 5) is 37.4. The first-order valence-corrected chi connectivity index (χ1v) is 11.2. The van der Waals surface area contributed by atoms with Crippen LogP contribution >= 0.6 is 22.9 Å². The van der Waals surface area contributed by atoms with Crippen molar-refractivity contribution in [2.24, 2.45) is 11.8 Å². The molecule has 3 rings (SSSR count). The maximum atomic E-state index is 12.4. The number of anilines is 1. The summed E-state index contributed by atoms with van der Waals surface area (Å²) >= 11 is 7.44. The predicted molar refractivity (Wildman–Crippen MR) is 118 cm³/mol. The van der Waals surface area contributed by atoms with Gasteiger partial charge in [0.05, 0.1) is 21.2 Å². The lowest BCUT2D eigenvalue weighted by Gasteiger charge is -2.34. The maximum absolute atomic E-state index is 12.4. The topological polar surface area (TPSA) is 84.5 Å². The zero-order valence-electron chi connectivity index (χ0n) is 16.9. The van der Waals surface area contributed by atoms with Crippen LogP contribution in [0.4, 0.5) is 5.69 Å². The largest absolute Gasteiger partial charge is 0.452 e. The number of nitrogens with one attached hydrogen (secondary N) is 2. The van der Waals surface area contributed by atoms with E-state index in [1.54, 1.807) is 17.5 Å². The Hall–Kier alpha value is -2.38. The molecule has 0 bridgehead atoms. The molecule has 1 aliphatic rings. The summed E-state index contributed by atoms with van der Waals surface area (Å²) in [6.45, 7) is 3.98. The molecular formula is C22H25ClN2O4S. The summed E-state index contributed by atoms with van der Waals surface area (Å²) in [7, 11) is 0. The van der Waals surface area contributed by atoms with Crippen LogP contribution in [0.1, 0.15) is 53.1 Å². The van der Waals surface area contributed by atoms with Crippen molar-refractivity contribution in [1.29, 1.82) is 0 Å². The highest BCUT2D eigenvalue weighted by Crippen LogP contribution is 2.29. The molecule has 1 aliphatic carbocycles. The van der Waals surface area contributed by atoms with Gasteiger partial charge in [0.2, 0.25) is 0 Å². The van der Waals surface area contributed by atoms with Gasteiger partial charge in [-0.2, -0.15) is 0 Å². The number of thiophene rings is 1. The van der Waals surface area contributed by atoms with E-state index in [9.17, 15) is 14.4 Å². The molecule has 1 aromatic heterocycles. The van der Waals surface area contributed by atoms with Crippen molar-refractivity contribution < 1.29 is 19.1 Å². The van der Waals surface area contributed by atoms with Gasteiger partial charge in [0, 0.05) is 6.04 Å². The van der Waals surface area contributed by atoms with Crippen LogP contribution in [-0.4, -0.2) is 30.4 Å². The van der Waals surface area contributed by atoms with Crippen LogP contribution < -0.4 is 10.6 Å². The van der Waals surface area contributed by atoms with E-state index >= 15 is 0 Å². The van der Waals surface area contributed by atoms with Crippen molar-refractivity contribution in [2.45, 2.75) is 39.2 Å². The summed E-state index contributed by atoms with van der Waals surface area (Å²) in [5, 5.41) is 7.76. The molecule has 0 spiro atoms. The van der Waals surface area contributed by atoms with Gasteiger partial charge in [-0.25, -0.2) is 4.79 Å². The van der Waals surface area contributed by atoms with E-state index in [0.29, 0.717) is 27.4 Å². The Bertz CT molecular complexity index is 916. The minimum Gasteiger partial charge on any atom is -0.452 e. The number of carbonyl (C=O) groups excluding carboxylic acids is 3. The van der Waals surface area contributed by atoms with Crippen LogP contribution in [0.2, 0.25) is 5.02 Å². The second-order valence-corrected chi connectivity index (χ2v) is 9.00. The number of hydrogen-bond donors (Lipinski definition) is 2. The molecule has 2 N–H and O–H groups in total. The molecule has 1 fully saturated rings. The SMILES string of the molecule is CC1CCCC(NC(=O)COC(=O)c2ccc(Cl)c(NC(=O)c3cccs3)c2)C1C. The molecule has 2 amide bonds. The first-order chi connectivity index (χ1) is 14.3. The number of ether oxygens (including phenoxy) is 1. The molecule has 2 aromatic rings. The van der Waals surface area contributed by atoms with Gasteiger partial charge in [-0.15, -0.1) is 11.3 Å². The monoisotopic (exact) mass is 448 g/mol. The Labute approximate surface area is 185 Å². The van der Waals surface area contributed by atoms with Crippen LogP contribution in [0.5, 0.6) is 0 Å². The van der Waals surface area contributed by atoms with Crippen LogP contribution in [0.15, 0.2) is 35.7 Å². The molecule has 8 heteroatoms.